The van der Waals surface area contributed by atoms with Crippen molar-refractivity contribution in [1.82, 2.24) is 9.88 Å². The number of pyridine rings is 1. The molecule has 0 amide bonds. The number of aromatic nitrogens is 1. The van der Waals surface area contributed by atoms with E-state index in [0.29, 0.717) is 69.5 Å². The van der Waals surface area contributed by atoms with Crippen LogP contribution in [0.15, 0.2) is 36.5 Å². The molecule has 7 nitrogen and oxygen atoms in total. The Labute approximate surface area is 238 Å². The number of fused-ring (bicyclic) bond motifs is 1. The molecule has 0 bridgehead atoms. The van der Waals surface area contributed by atoms with Crippen LogP contribution in [0.2, 0.25) is 0 Å². The lowest BCUT2D eigenvalue weighted by Crippen LogP contribution is -2.41. The van der Waals surface area contributed by atoms with Gasteiger partial charge in [0.05, 0.1) is 37.0 Å². The molecule has 0 aliphatic carbocycles. The monoisotopic (exact) mass is 573 g/mol. The van der Waals surface area contributed by atoms with E-state index < -0.39 is 34.9 Å². The first-order valence-electron chi connectivity index (χ1n) is 13.9. The van der Waals surface area contributed by atoms with Crippen LogP contribution in [0, 0.1) is 22.9 Å². The highest BCUT2D eigenvalue weighted by Gasteiger charge is 2.37. The Morgan fingerprint density at radius 2 is 1.83 bits per heavy atom. The summed E-state index contributed by atoms with van der Waals surface area (Å²) in [5, 5.41) is 22.0. The number of likely N-dealkylation sites (tertiary alicyclic amines) is 1. The standard InChI is InChI=1S/C31H38F3N3O4/c1-36(2)26-19-35-25-7-6-21(41-3)17-22(25)29(26)27(38)8-9-31(18-28(39)40)10-13-37(14-11-31)12-4-5-20-15-23(32)30(34)24(33)16-20/h6-7,15-17,19,27,38H,4-5,8-14,18H2,1-3H3,(H,39,40). The molecule has 1 unspecified atom stereocenters. The Hall–Kier alpha value is -3.37. The van der Waals surface area contributed by atoms with Gasteiger partial charge in [0.25, 0.3) is 0 Å². The number of carbonyl (C=O) groups is 1. The van der Waals surface area contributed by atoms with Gasteiger partial charge in [-0.25, -0.2) is 13.2 Å². The Balaban J connectivity index is 1.42. The van der Waals surface area contributed by atoms with E-state index in [4.69, 9.17) is 4.74 Å². The topological polar surface area (TPSA) is 86.1 Å². The van der Waals surface area contributed by atoms with Crippen LogP contribution in [-0.4, -0.2) is 66.9 Å². The third kappa shape index (κ3) is 7.29. The van der Waals surface area contributed by atoms with Crippen molar-refractivity contribution in [2.24, 2.45) is 5.41 Å². The number of rotatable bonds is 12. The minimum atomic E-state index is -1.46. The van der Waals surface area contributed by atoms with Crippen LogP contribution in [0.4, 0.5) is 18.9 Å². The van der Waals surface area contributed by atoms with Gasteiger partial charge in [-0.3, -0.25) is 9.78 Å². The van der Waals surface area contributed by atoms with Crippen LogP contribution >= 0.6 is 0 Å². The summed E-state index contributed by atoms with van der Waals surface area (Å²) in [4.78, 5) is 20.5. The molecule has 1 atom stereocenters. The summed E-state index contributed by atoms with van der Waals surface area (Å²) in [5.41, 5.74) is 2.23. The molecule has 0 spiro atoms. The molecule has 1 fully saturated rings. The number of benzene rings is 2. The summed E-state index contributed by atoms with van der Waals surface area (Å²) < 4.78 is 45.7. The molecule has 10 heteroatoms. The van der Waals surface area contributed by atoms with Crippen molar-refractivity contribution >= 4 is 22.6 Å². The number of aliphatic carboxylic acids is 1. The Bertz CT molecular complexity index is 1350. The number of nitrogens with zero attached hydrogens (tertiary/aromatic N) is 3. The van der Waals surface area contributed by atoms with Gasteiger partial charge in [0.1, 0.15) is 5.75 Å². The molecule has 2 heterocycles. The average molecular weight is 574 g/mol. The molecule has 1 aliphatic rings. The third-order valence-corrected chi connectivity index (χ3v) is 8.29. The maximum Gasteiger partial charge on any atom is 0.303 e. The molecule has 0 saturated carbocycles. The molecular formula is C31H38F3N3O4. The van der Waals surface area contributed by atoms with Gasteiger partial charge in [0.15, 0.2) is 17.5 Å². The van der Waals surface area contributed by atoms with Crippen molar-refractivity contribution < 1.29 is 32.9 Å². The van der Waals surface area contributed by atoms with Gasteiger partial charge >= 0.3 is 5.97 Å². The maximum absolute atomic E-state index is 13.5. The lowest BCUT2D eigenvalue weighted by Gasteiger charge is -2.42. The van der Waals surface area contributed by atoms with Crippen molar-refractivity contribution in [3.05, 3.63) is 65.1 Å². The Kier molecular flexibility index (Phi) is 9.76. The van der Waals surface area contributed by atoms with Crippen LogP contribution in [0.25, 0.3) is 10.9 Å². The highest BCUT2D eigenvalue weighted by atomic mass is 19.2. The summed E-state index contributed by atoms with van der Waals surface area (Å²) >= 11 is 0. The highest BCUT2D eigenvalue weighted by Crippen LogP contribution is 2.43. The first-order valence-corrected chi connectivity index (χ1v) is 13.9. The molecule has 41 heavy (non-hydrogen) atoms. The number of piperidine rings is 1. The van der Waals surface area contributed by atoms with Gasteiger partial charge in [0, 0.05) is 25.0 Å². The van der Waals surface area contributed by atoms with E-state index in [1.165, 1.54) is 0 Å². The van der Waals surface area contributed by atoms with E-state index >= 15 is 0 Å². The summed E-state index contributed by atoms with van der Waals surface area (Å²) in [6, 6.07) is 7.61. The van der Waals surface area contributed by atoms with Crippen LogP contribution in [-0.2, 0) is 11.2 Å². The largest absolute Gasteiger partial charge is 0.497 e. The van der Waals surface area contributed by atoms with Crippen molar-refractivity contribution in [1.29, 1.82) is 0 Å². The fraction of sp³-hybridized carbons (Fsp3) is 0.484. The quantitative estimate of drug-likeness (QED) is 0.268. The predicted octanol–water partition coefficient (Wildman–Crippen LogP) is 5.73. The number of hydrogen-bond acceptors (Lipinski definition) is 6. The van der Waals surface area contributed by atoms with Crippen molar-refractivity contribution in [3.8, 4) is 5.75 Å². The first-order chi connectivity index (χ1) is 19.5. The zero-order valence-corrected chi connectivity index (χ0v) is 23.8. The van der Waals surface area contributed by atoms with E-state index in [9.17, 15) is 28.2 Å². The van der Waals surface area contributed by atoms with Crippen LogP contribution in [0.1, 0.15) is 55.8 Å². The molecule has 1 aliphatic heterocycles. The maximum atomic E-state index is 13.5. The number of halogens is 3. The van der Waals surface area contributed by atoms with Gasteiger partial charge in [0.2, 0.25) is 0 Å². The lowest BCUT2D eigenvalue weighted by molar-refractivity contribution is -0.141. The molecule has 1 aromatic heterocycles. The third-order valence-electron chi connectivity index (χ3n) is 8.29. The second-order valence-corrected chi connectivity index (χ2v) is 11.3. The van der Waals surface area contributed by atoms with Crippen molar-refractivity contribution in [2.75, 3.05) is 45.7 Å². The van der Waals surface area contributed by atoms with Crippen molar-refractivity contribution in [2.45, 2.75) is 51.0 Å². The molecule has 4 rings (SSSR count). The number of carboxylic acids is 1. The summed E-state index contributed by atoms with van der Waals surface area (Å²) in [6.45, 7) is 2.06. The Morgan fingerprint density at radius 1 is 1.15 bits per heavy atom. The second-order valence-electron chi connectivity index (χ2n) is 11.3. The summed E-state index contributed by atoms with van der Waals surface area (Å²) in [6.07, 6.45) is 4.26. The van der Waals surface area contributed by atoms with Gasteiger partial charge in [-0.2, -0.15) is 0 Å². The molecule has 3 aromatic rings. The zero-order valence-electron chi connectivity index (χ0n) is 23.8. The predicted molar refractivity (Wildman–Crippen MR) is 152 cm³/mol. The van der Waals surface area contributed by atoms with Gasteiger partial charge in [-0.05, 0) is 99.5 Å². The van der Waals surface area contributed by atoms with Gasteiger partial charge in [-0.1, -0.05) is 0 Å². The van der Waals surface area contributed by atoms with E-state index in [2.05, 4.69) is 9.88 Å². The number of carboxylic acid groups (broad SMARTS) is 1. The fourth-order valence-electron chi connectivity index (χ4n) is 5.95. The van der Waals surface area contributed by atoms with Gasteiger partial charge in [-0.15, -0.1) is 0 Å². The van der Waals surface area contributed by atoms with Crippen LogP contribution in [0.3, 0.4) is 0 Å². The normalized spacial score (nSPS) is 16.1. The van der Waals surface area contributed by atoms with Crippen molar-refractivity contribution in [3.63, 3.8) is 0 Å². The SMILES string of the molecule is COc1ccc2ncc(N(C)C)c(C(O)CCC3(CC(=O)O)CCN(CCCc4cc(F)c(F)c(F)c4)CC3)c2c1. The molecule has 1 saturated heterocycles. The number of hydrogen-bond donors (Lipinski definition) is 2. The molecule has 2 N–H and O–H groups in total. The smallest absolute Gasteiger partial charge is 0.303 e. The number of methoxy groups -OCH3 is 1. The molecule has 0 radical (unpaired) electrons. The average Bonchev–Trinajstić information content (AvgIpc) is 2.94. The van der Waals surface area contributed by atoms with E-state index in [-0.39, 0.29) is 6.42 Å². The zero-order chi connectivity index (χ0) is 29.7. The lowest BCUT2D eigenvalue weighted by atomic mass is 9.71. The Morgan fingerprint density at radius 3 is 2.44 bits per heavy atom. The molecule has 2 aromatic carbocycles. The number of aliphatic hydroxyl groups is 1. The van der Waals surface area contributed by atoms with Gasteiger partial charge < -0.3 is 24.7 Å². The molecule has 222 valence electrons. The van der Waals surface area contributed by atoms with E-state index in [1.807, 2.05) is 37.2 Å². The minimum absolute atomic E-state index is 0.0210. The number of anilines is 1. The molecular weight excluding hydrogens is 535 g/mol. The second kappa shape index (κ2) is 13.1. The number of ether oxygens (including phenoxy) is 1. The summed E-state index contributed by atoms with van der Waals surface area (Å²) in [7, 11) is 5.37. The minimum Gasteiger partial charge on any atom is -0.497 e. The van der Waals surface area contributed by atoms with Crippen LogP contribution in [0.5, 0.6) is 5.75 Å². The van der Waals surface area contributed by atoms with Crippen LogP contribution < -0.4 is 9.64 Å². The van der Waals surface area contributed by atoms with E-state index in [0.717, 1.165) is 34.3 Å². The first kappa shape index (κ1) is 30.6. The van der Waals surface area contributed by atoms with E-state index in [1.54, 1.807) is 13.3 Å². The summed E-state index contributed by atoms with van der Waals surface area (Å²) in [5.74, 6) is -4.03. The number of aliphatic hydroxyl groups excluding tert-OH is 1. The highest BCUT2D eigenvalue weighted by molar-refractivity contribution is 5.88. The number of aryl methyl sites for hydroxylation is 1. The fourth-order valence-corrected chi connectivity index (χ4v) is 5.95.